The van der Waals surface area contributed by atoms with Gasteiger partial charge >= 0.3 is 0 Å². The van der Waals surface area contributed by atoms with Crippen molar-refractivity contribution in [1.29, 1.82) is 0 Å². The van der Waals surface area contributed by atoms with Gasteiger partial charge < -0.3 is 4.90 Å². The molecule has 1 nitrogen and oxygen atoms in total. The Bertz CT molecular complexity index is 211. The number of allylic oxidation sites excluding steroid dienone is 1. The zero-order valence-electron chi connectivity index (χ0n) is 8.06. The van der Waals surface area contributed by atoms with E-state index < -0.39 is 0 Å². The predicted octanol–water partition coefficient (Wildman–Crippen LogP) is 2.26. The van der Waals surface area contributed by atoms with Gasteiger partial charge in [-0.05, 0) is 26.7 Å². The van der Waals surface area contributed by atoms with E-state index in [1.807, 2.05) is 6.92 Å². The van der Waals surface area contributed by atoms with E-state index in [0.29, 0.717) is 5.92 Å². The summed E-state index contributed by atoms with van der Waals surface area (Å²) in [6.07, 6.45) is 2.40. The fourth-order valence-corrected chi connectivity index (χ4v) is 1.61. The molecular formula is C11H17N. The lowest BCUT2D eigenvalue weighted by Crippen LogP contribution is -2.31. The number of piperidine rings is 1. The highest BCUT2D eigenvalue weighted by Gasteiger charge is 2.16. The van der Waals surface area contributed by atoms with Gasteiger partial charge in [0.25, 0.3) is 0 Å². The second-order valence-corrected chi connectivity index (χ2v) is 3.39. The van der Waals surface area contributed by atoms with E-state index in [1.165, 1.54) is 18.5 Å². The van der Waals surface area contributed by atoms with Crippen LogP contribution < -0.4 is 0 Å². The van der Waals surface area contributed by atoms with Crippen LogP contribution in [0.3, 0.4) is 0 Å². The van der Waals surface area contributed by atoms with E-state index in [1.54, 1.807) is 0 Å². The maximum absolute atomic E-state index is 3.94. The summed E-state index contributed by atoms with van der Waals surface area (Å²) in [5.41, 5.74) is 1.19. The molecule has 0 bridgehead atoms. The van der Waals surface area contributed by atoms with Crippen molar-refractivity contribution < 1.29 is 0 Å². The molecule has 1 heteroatoms. The Hall–Kier alpha value is -0.900. The van der Waals surface area contributed by atoms with Crippen molar-refractivity contribution in [3.8, 4) is 11.8 Å². The standard InChI is InChI=1S/C11H17N/c1-4-5-11-6-8-12(9-7-11)10(2)3/h11H,2,6-9H2,1,3H3. The molecule has 0 radical (unpaired) electrons. The van der Waals surface area contributed by atoms with Crippen molar-refractivity contribution in [3.63, 3.8) is 0 Å². The summed E-state index contributed by atoms with van der Waals surface area (Å²) >= 11 is 0. The van der Waals surface area contributed by atoms with Crippen LogP contribution in [0.4, 0.5) is 0 Å². The minimum atomic E-state index is 0.630. The average molecular weight is 163 g/mol. The third kappa shape index (κ3) is 2.30. The maximum Gasteiger partial charge on any atom is 0.0236 e. The third-order valence-corrected chi connectivity index (χ3v) is 2.38. The Morgan fingerprint density at radius 1 is 1.42 bits per heavy atom. The summed E-state index contributed by atoms with van der Waals surface area (Å²) in [5, 5.41) is 0. The molecule has 1 fully saturated rings. The van der Waals surface area contributed by atoms with Gasteiger partial charge in [0.1, 0.15) is 0 Å². The van der Waals surface area contributed by atoms with E-state index in [0.717, 1.165) is 13.1 Å². The van der Waals surface area contributed by atoms with Crippen molar-refractivity contribution >= 4 is 0 Å². The fourth-order valence-electron chi connectivity index (χ4n) is 1.61. The molecule has 0 atom stereocenters. The Balaban J connectivity index is 2.37. The van der Waals surface area contributed by atoms with Gasteiger partial charge in [-0.2, -0.15) is 0 Å². The van der Waals surface area contributed by atoms with Gasteiger partial charge in [0.15, 0.2) is 0 Å². The van der Waals surface area contributed by atoms with E-state index in [-0.39, 0.29) is 0 Å². The predicted molar refractivity (Wildman–Crippen MR) is 52.6 cm³/mol. The molecule has 1 rings (SSSR count). The van der Waals surface area contributed by atoms with Gasteiger partial charge in [0, 0.05) is 24.7 Å². The Kier molecular flexibility index (Phi) is 3.22. The quantitative estimate of drug-likeness (QED) is 0.536. The van der Waals surface area contributed by atoms with Crippen molar-refractivity contribution in [3.05, 3.63) is 12.3 Å². The first-order chi connectivity index (χ1) is 5.74. The van der Waals surface area contributed by atoms with Crippen LogP contribution in [0.5, 0.6) is 0 Å². The molecule has 1 aliphatic heterocycles. The van der Waals surface area contributed by atoms with Crippen molar-refractivity contribution in [2.75, 3.05) is 13.1 Å². The Labute approximate surface area is 75.5 Å². The number of likely N-dealkylation sites (tertiary alicyclic amines) is 1. The van der Waals surface area contributed by atoms with Gasteiger partial charge in [-0.1, -0.05) is 6.58 Å². The van der Waals surface area contributed by atoms with Gasteiger partial charge in [0.2, 0.25) is 0 Å². The molecule has 0 N–H and O–H groups in total. The molecule has 0 aliphatic carbocycles. The van der Waals surface area contributed by atoms with Crippen LogP contribution in [0.25, 0.3) is 0 Å². The monoisotopic (exact) mass is 163 g/mol. The first-order valence-electron chi connectivity index (χ1n) is 4.56. The lowest BCUT2D eigenvalue weighted by molar-refractivity contribution is 0.257. The van der Waals surface area contributed by atoms with Crippen molar-refractivity contribution in [1.82, 2.24) is 4.90 Å². The Morgan fingerprint density at radius 2 is 2.00 bits per heavy atom. The van der Waals surface area contributed by atoms with Crippen molar-refractivity contribution in [2.24, 2.45) is 5.92 Å². The lowest BCUT2D eigenvalue weighted by Gasteiger charge is -2.31. The normalized spacial score (nSPS) is 18.3. The molecule has 1 aliphatic rings. The summed E-state index contributed by atoms with van der Waals surface area (Å²) in [6.45, 7) is 10.2. The van der Waals surface area contributed by atoms with Gasteiger partial charge in [-0.3, -0.25) is 0 Å². The highest BCUT2D eigenvalue weighted by molar-refractivity contribution is 5.04. The van der Waals surface area contributed by atoms with E-state index in [2.05, 4.69) is 30.2 Å². The zero-order chi connectivity index (χ0) is 8.97. The van der Waals surface area contributed by atoms with E-state index in [9.17, 15) is 0 Å². The van der Waals surface area contributed by atoms with Crippen LogP contribution in [0, 0.1) is 17.8 Å². The molecule has 0 saturated carbocycles. The van der Waals surface area contributed by atoms with Crippen LogP contribution in [-0.4, -0.2) is 18.0 Å². The number of nitrogens with zero attached hydrogens (tertiary/aromatic N) is 1. The summed E-state index contributed by atoms with van der Waals surface area (Å²) in [6, 6.07) is 0. The first-order valence-corrected chi connectivity index (χ1v) is 4.56. The maximum atomic E-state index is 3.94. The number of hydrogen-bond donors (Lipinski definition) is 0. The molecular weight excluding hydrogens is 146 g/mol. The minimum absolute atomic E-state index is 0.630. The summed E-state index contributed by atoms with van der Waals surface area (Å²) in [7, 11) is 0. The molecule has 0 amide bonds. The Morgan fingerprint density at radius 3 is 2.42 bits per heavy atom. The summed E-state index contributed by atoms with van der Waals surface area (Å²) < 4.78 is 0. The van der Waals surface area contributed by atoms with Crippen LogP contribution in [0.15, 0.2) is 12.3 Å². The van der Waals surface area contributed by atoms with Crippen LogP contribution in [0.2, 0.25) is 0 Å². The molecule has 0 aromatic heterocycles. The topological polar surface area (TPSA) is 3.24 Å². The largest absolute Gasteiger partial charge is 0.375 e. The number of hydrogen-bond acceptors (Lipinski definition) is 1. The van der Waals surface area contributed by atoms with Crippen LogP contribution in [0.1, 0.15) is 26.7 Å². The summed E-state index contributed by atoms with van der Waals surface area (Å²) in [5.74, 6) is 6.86. The minimum Gasteiger partial charge on any atom is -0.375 e. The zero-order valence-corrected chi connectivity index (χ0v) is 8.06. The van der Waals surface area contributed by atoms with Gasteiger partial charge in [0.05, 0.1) is 0 Å². The molecule has 1 saturated heterocycles. The van der Waals surface area contributed by atoms with E-state index in [4.69, 9.17) is 0 Å². The molecule has 0 aromatic rings. The third-order valence-electron chi connectivity index (χ3n) is 2.38. The highest BCUT2D eigenvalue weighted by Crippen LogP contribution is 2.18. The lowest BCUT2D eigenvalue weighted by atomic mass is 9.97. The van der Waals surface area contributed by atoms with Gasteiger partial charge in [-0.25, -0.2) is 0 Å². The molecule has 0 unspecified atom stereocenters. The second-order valence-electron chi connectivity index (χ2n) is 3.39. The number of rotatable bonds is 1. The smallest absolute Gasteiger partial charge is 0.0236 e. The molecule has 0 spiro atoms. The van der Waals surface area contributed by atoms with Gasteiger partial charge in [-0.15, -0.1) is 11.8 Å². The van der Waals surface area contributed by atoms with Crippen LogP contribution >= 0.6 is 0 Å². The second kappa shape index (κ2) is 4.21. The van der Waals surface area contributed by atoms with Crippen LogP contribution in [-0.2, 0) is 0 Å². The van der Waals surface area contributed by atoms with Crippen molar-refractivity contribution in [2.45, 2.75) is 26.7 Å². The summed E-state index contributed by atoms with van der Waals surface area (Å²) in [4.78, 5) is 2.34. The first kappa shape index (κ1) is 9.19. The molecule has 0 aromatic carbocycles. The highest BCUT2D eigenvalue weighted by atomic mass is 15.1. The molecule has 66 valence electrons. The van der Waals surface area contributed by atoms with E-state index >= 15 is 0 Å². The average Bonchev–Trinajstić information content (AvgIpc) is 2.06. The fraction of sp³-hybridized carbons (Fsp3) is 0.636. The molecule has 1 heterocycles. The molecule has 12 heavy (non-hydrogen) atoms. The SMILES string of the molecule is C=C(C)N1CCC(C#CC)CC1.